The van der Waals surface area contributed by atoms with Crippen molar-refractivity contribution in [3.8, 4) is 0 Å². The fourth-order valence-electron chi connectivity index (χ4n) is 2.22. The maximum atomic E-state index is 13.5. The first-order chi connectivity index (χ1) is 9.62. The first-order valence-corrected chi connectivity index (χ1v) is 6.91. The van der Waals surface area contributed by atoms with Gasteiger partial charge in [0.15, 0.2) is 0 Å². The Morgan fingerprint density at radius 3 is 2.25 bits per heavy atom. The summed E-state index contributed by atoms with van der Waals surface area (Å²) in [7, 11) is 1.96. The number of nitrogens with two attached hydrogens (primary N) is 1. The van der Waals surface area contributed by atoms with Crippen LogP contribution in [-0.4, -0.2) is 7.05 Å². The van der Waals surface area contributed by atoms with Crippen LogP contribution in [0.25, 0.3) is 0 Å². The Labute approximate surface area is 120 Å². The first kappa shape index (κ1) is 14.5. The van der Waals surface area contributed by atoms with Crippen molar-refractivity contribution in [1.29, 1.82) is 0 Å². The number of rotatable bonds is 5. The van der Waals surface area contributed by atoms with E-state index in [1.54, 1.807) is 6.07 Å². The highest BCUT2D eigenvalue weighted by molar-refractivity contribution is 5.49. The average molecular weight is 272 g/mol. The second-order valence-electron chi connectivity index (χ2n) is 5.05. The molecule has 0 aliphatic rings. The van der Waals surface area contributed by atoms with Crippen molar-refractivity contribution >= 4 is 5.69 Å². The summed E-state index contributed by atoms with van der Waals surface area (Å²) in [6.45, 7) is 3.24. The number of halogens is 1. The molecule has 0 aliphatic carbocycles. The van der Waals surface area contributed by atoms with Gasteiger partial charge in [-0.2, -0.15) is 0 Å². The minimum atomic E-state index is -0.240. The Hall–Kier alpha value is -1.87. The van der Waals surface area contributed by atoms with Crippen LogP contribution in [-0.2, 0) is 19.5 Å². The van der Waals surface area contributed by atoms with Gasteiger partial charge in [0.25, 0.3) is 0 Å². The van der Waals surface area contributed by atoms with E-state index in [4.69, 9.17) is 5.73 Å². The SMILES string of the molecule is CCc1ccc(CN(C)c2cc(F)cc(CN)c2)cc1. The third kappa shape index (κ3) is 3.58. The van der Waals surface area contributed by atoms with Crippen LogP contribution in [0.5, 0.6) is 0 Å². The molecule has 0 saturated heterocycles. The molecule has 0 unspecified atom stereocenters. The highest BCUT2D eigenvalue weighted by atomic mass is 19.1. The van der Waals surface area contributed by atoms with Crippen molar-refractivity contribution in [3.63, 3.8) is 0 Å². The minimum Gasteiger partial charge on any atom is -0.370 e. The fraction of sp³-hybridized carbons (Fsp3) is 0.294. The Morgan fingerprint density at radius 1 is 1.00 bits per heavy atom. The van der Waals surface area contributed by atoms with Gasteiger partial charge in [-0.15, -0.1) is 0 Å². The largest absolute Gasteiger partial charge is 0.370 e. The van der Waals surface area contributed by atoms with E-state index < -0.39 is 0 Å². The average Bonchev–Trinajstić information content (AvgIpc) is 2.47. The number of hydrogen-bond acceptors (Lipinski definition) is 2. The molecule has 0 aromatic heterocycles. The lowest BCUT2D eigenvalue weighted by Crippen LogP contribution is -2.17. The zero-order valence-corrected chi connectivity index (χ0v) is 12.1. The molecule has 2 aromatic rings. The van der Waals surface area contributed by atoms with E-state index in [2.05, 4.69) is 31.2 Å². The third-order valence-electron chi connectivity index (χ3n) is 3.47. The summed E-state index contributed by atoms with van der Waals surface area (Å²) < 4.78 is 13.5. The minimum absolute atomic E-state index is 0.240. The zero-order valence-electron chi connectivity index (χ0n) is 12.1. The molecule has 0 radical (unpaired) electrons. The van der Waals surface area contributed by atoms with Gasteiger partial charge in [-0.25, -0.2) is 4.39 Å². The Bertz CT molecular complexity index is 564. The van der Waals surface area contributed by atoms with Crippen LogP contribution >= 0.6 is 0 Å². The molecule has 20 heavy (non-hydrogen) atoms. The quantitative estimate of drug-likeness (QED) is 0.903. The highest BCUT2D eigenvalue weighted by Gasteiger charge is 2.06. The first-order valence-electron chi connectivity index (χ1n) is 6.91. The van der Waals surface area contributed by atoms with Gasteiger partial charge >= 0.3 is 0 Å². The molecule has 0 fully saturated rings. The van der Waals surface area contributed by atoms with Gasteiger partial charge in [-0.05, 0) is 41.3 Å². The van der Waals surface area contributed by atoms with Gasteiger partial charge < -0.3 is 10.6 Å². The molecule has 0 atom stereocenters. The topological polar surface area (TPSA) is 29.3 Å². The van der Waals surface area contributed by atoms with Gasteiger partial charge in [0.2, 0.25) is 0 Å². The number of hydrogen-bond donors (Lipinski definition) is 1. The van der Waals surface area contributed by atoms with Crippen molar-refractivity contribution in [1.82, 2.24) is 0 Å². The van der Waals surface area contributed by atoms with E-state index >= 15 is 0 Å². The molecular weight excluding hydrogens is 251 g/mol. The molecule has 0 spiro atoms. The molecule has 2 rings (SSSR count). The maximum Gasteiger partial charge on any atom is 0.125 e. The Morgan fingerprint density at radius 2 is 1.65 bits per heavy atom. The molecule has 2 N–H and O–H groups in total. The van der Waals surface area contributed by atoms with Crippen LogP contribution in [0.1, 0.15) is 23.6 Å². The lowest BCUT2D eigenvalue weighted by atomic mass is 10.1. The van der Waals surface area contributed by atoms with E-state index in [1.807, 2.05) is 18.0 Å². The van der Waals surface area contributed by atoms with Crippen LogP contribution in [0.4, 0.5) is 10.1 Å². The van der Waals surface area contributed by atoms with Crippen LogP contribution < -0.4 is 10.6 Å². The van der Waals surface area contributed by atoms with Crippen molar-refractivity contribution in [2.45, 2.75) is 26.4 Å². The van der Waals surface area contributed by atoms with E-state index in [-0.39, 0.29) is 5.82 Å². The molecule has 0 bridgehead atoms. The molecule has 2 aromatic carbocycles. The van der Waals surface area contributed by atoms with Crippen molar-refractivity contribution < 1.29 is 4.39 Å². The van der Waals surface area contributed by atoms with Crippen LogP contribution in [0.15, 0.2) is 42.5 Å². The molecule has 2 nitrogen and oxygen atoms in total. The molecule has 3 heteroatoms. The van der Waals surface area contributed by atoms with E-state index in [0.717, 1.165) is 24.2 Å². The smallest absolute Gasteiger partial charge is 0.125 e. The lowest BCUT2D eigenvalue weighted by Gasteiger charge is -2.20. The summed E-state index contributed by atoms with van der Waals surface area (Å²) >= 11 is 0. The van der Waals surface area contributed by atoms with Crippen LogP contribution in [0, 0.1) is 5.82 Å². The molecule has 0 saturated carbocycles. The lowest BCUT2D eigenvalue weighted by molar-refractivity contribution is 0.624. The van der Waals surface area contributed by atoms with Gasteiger partial charge in [-0.3, -0.25) is 0 Å². The molecule has 0 heterocycles. The zero-order chi connectivity index (χ0) is 14.5. The molecule has 0 amide bonds. The van der Waals surface area contributed by atoms with E-state index in [0.29, 0.717) is 6.54 Å². The van der Waals surface area contributed by atoms with Gasteiger partial charge in [0, 0.05) is 25.8 Å². The van der Waals surface area contributed by atoms with Gasteiger partial charge in [0.1, 0.15) is 5.82 Å². The predicted octanol–water partition coefficient (Wildman–Crippen LogP) is 3.48. The summed E-state index contributed by atoms with van der Waals surface area (Å²) in [5, 5.41) is 0. The van der Waals surface area contributed by atoms with Crippen molar-refractivity contribution in [3.05, 3.63) is 65.0 Å². The summed E-state index contributed by atoms with van der Waals surface area (Å²) in [5.74, 6) is -0.240. The van der Waals surface area contributed by atoms with E-state index in [1.165, 1.54) is 17.2 Å². The summed E-state index contributed by atoms with van der Waals surface area (Å²) in [4.78, 5) is 2.03. The Balaban J connectivity index is 2.14. The second kappa shape index (κ2) is 6.53. The summed E-state index contributed by atoms with van der Waals surface area (Å²) in [6, 6.07) is 13.5. The Kier molecular flexibility index (Phi) is 4.74. The third-order valence-corrected chi connectivity index (χ3v) is 3.47. The maximum absolute atomic E-state index is 13.5. The normalized spacial score (nSPS) is 10.6. The standard InChI is InChI=1S/C17H21FN2/c1-3-13-4-6-14(7-5-13)12-20(2)17-9-15(11-19)8-16(18)10-17/h4-10H,3,11-12,19H2,1-2H3. The second-order valence-corrected chi connectivity index (χ2v) is 5.05. The number of nitrogens with zero attached hydrogens (tertiary/aromatic N) is 1. The van der Waals surface area contributed by atoms with Crippen LogP contribution in [0.2, 0.25) is 0 Å². The van der Waals surface area contributed by atoms with Gasteiger partial charge in [-0.1, -0.05) is 31.2 Å². The molecular formula is C17H21FN2. The summed E-state index contributed by atoms with van der Waals surface area (Å²) in [6.07, 6.45) is 1.04. The fourth-order valence-corrected chi connectivity index (χ4v) is 2.22. The van der Waals surface area contributed by atoms with Crippen molar-refractivity contribution in [2.24, 2.45) is 5.73 Å². The monoisotopic (exact) mass is 272 g/mol. The van der Waals surface area contributed by atoms with Crippen molar-refractivity contribution in [2.75, 3.05) is 11.9 Å². The number of benzene rings is 2. The molecule has 0 aliphatic heterocycles. The number of aryl methyl sites for hydroxylation is 1. The van der Waals surface area contributed by atoms with Gasteiger partial charge in [0.05, 0.1) is 0 Å². The molecule has 106 valence electrons. The highest BCUT2D eigenvalue weighted by Crippen LogP contribution is 2.19. The van der Waals surface area contributed by atoms with E-state index in [9.17, 15) is 4.39 Å². The van der Waals surface area contributed by atoms with Crippen LogP contribution in [0.3, 0.4) is 0 Å². The number of anilines is 1. The predicted molar refractivity (Wildman–Crippen MR) is 82.2 cm³/mol. The summed E-state index contributed by atoms with van der Waals surface area (Å²) in [5.41, 5.74) is 9.79.